The lowest BCUT2D eigenvalue weighted by Gasteiger charge is -2.26. The molecule has 4 rings (SSSR count). The van der Waals surface area contributed by atoms with Crippen molar-refractivity contribution < 1.29 is 4.52 Å². The highest BCUT2D eigenvalue weighted by atomic mass is 16.5. The summed E-state index contributed by atoms with van der Waals surface area (Å²) in [6.45, 7) is 7.16. The standard InChI is InChI=1S/C18H21N3O/c1-11-18(12(2)22-20-11)15-7-8-16-17(9-15)21(13(3)19-16)10-14-5-4-6-14/h7-9,14H,4-6,10H2,1-3H3. The van der Waals surface area contributed by atoms with Crippen molar-refractivity contribution in [2.45, 2.75) is 46.6 Å². The minimum absolute atomic E-state index is 0.818. The average molecular weight is 295 g/mol. The van der Waals surface area contributed by atoms with Gasteiger partial charge in [-0.2, -0.15) is 0 Å². The molecule has 1 saturated carbocycles. The highest BCUT2D eigenvalue weighted by molar-refractivity contribution is 5.83. The van der Waals surface area contributed by atoms with Crippen LogP contribution in [0, 0.1) is 26.7 Å². The molecule has 0 N–H and O–H groups in total. The minimum atomic E-state index is 0.818. The van der Waals surface area contributed by atoms with Crippen LogP contribution in [0.4, 0.5) is 0 Å². The van der Waals surface area contributed by atoms with E-state index in [-0.39, 0.29) is 0 Å². The van der Waals surface area contributed by atoms with Crippen LogP contribution in [0.1, 0.15) is 36.5 Å². The van der Waals surface area contributed by atoms with Crippen LogP contribution in [0.25, 0.3) is 22.2 Å². The van der Waals surface area contributed by atoms with E-state index in [9.17, 15) is 0 Å². The van der Waals surface area contributed by atoms with Gasteiger partial charge in [0.1, 0.15) is 11.6 Å². The molecule has 1 aliphatic rings. The third-order valence-corrected chi connectivity index (χ3v) is 4.93. The van der Waals surface area contributed by atoms with Gasteiger partial charge < -0.3 is 9.09 Å². The van der Waals surface area contributed by atoms with E-state index in [1.807, 2.05) is 13.8 Å². The van der Waals surface area contributed by atoms with Crippen molar-refractivity contribution in [2.75, 3.05) is 0 Å². The number of imidazole rings is 1. The molecule has 1 aliphatic carbocycles. The SMILES string of the molecule is Cc1noc(C)c1-c1ccc2nc(C)n(CC3CCC3)c2c1. The first-order chi connectivity index (χ1) is 10.6. The molecule has 0 unspecified atom stereocenters. The van der Waals surface area contributed by atoms with E-state index in [4.69, 9.17) is 9.51 Å². The lowest BCUT2D eigenvalue weighted by atomic mass is 9.85. The summed E-state index contributed by atoms with van der Waals surface area (Å²) in [6, 6.07) is 6.47. The summed E-state index contributed by atoms with van der Waals surface area (Å²) in [5, 5.41) is 4.07. The van der Waals surface area contributed by atoms with Crippen LogP contribution in [0.5, 0.6) is 0 Å². The molecule has 1 fully saturated rings. The second-order valence-electron chi connectivity index (χ2n) is 6.47. The fraction of sp³-hybridized carbons (Fsp3) is 0.444. The van der Waals surface area contributed by atoms with Crippen molar-refractivity contribution in [3.63, 3.8) is 0 Å². The van der Waals surface area contributed by atoms with Gasteiger partial charge in [-0.3, -0.25) is 0 Å². The van der Waals surface area contributed by atoms with Gasteiger partial charge in [0.15, 0.2) is 0 Å². The van der Waals surface area contributed by atoms with Crippen LogP contribution >= 0.6 is 0 Å². The van der Waals surface area contributed by atoms with E-state index in [1.54, 1.807) is 0 Å². The Kier molecular flexibility index (Phi) is 3.06. The maximum atomic E-state index is 5.32. The van der Waals surface area contributed by atoms with Gasteiger partial charge in [0.25, 0.3) is 0 Å². The molecule has 0 radical (unpaired) electrons. The molecule has 2 heterocycles. The molecule has 0 saturated heterocycles. The predicted octanol–water partition coefficient (Wildman–Crippen LogP) is 4.42. The van der Waals surface area contributed by atoms with Crippen LogP contribution < -0.4 is 0 Å². The first-order valence-corrected chi connectivity index (χ1v) is 8.03. The molecule has 0 atom stereocenters. The number of nitrogens with zero attached hydrogens (tertiary/aromatic N) is 3. The molecule has 0 bridgehead atoms. The molecule has 4 heteroatoms. The Balaban J connectivity index is 1.83. The first-order valence-electron chi connectivity index (χ1n) is 8.03. The highest BCUT2D eigenvalue weighted by Crippen LogP contribution is 2.32. The maximum Gasteiger partial charge on any atom is 0.141 e. The minimum Gasteiger partial charge on any atom is -0.361 e. The Morgan fingerprint density at radius 1 is 1.23 bits per heavy atom. The fourth-order valence-corrected chi connectivity index (χ4v) is 3.46. The van der Waals surface area contributed by atoms with Crippen molar-refractivity contribution in [1.29, 1.82) is 0 Å². The van der Waals surface area contributed by atoms with Crippen molar-refractivity contribution >= 4 is 11.0 Å². The molecule has 0 aliphatic heterocycles. The van der Waals surface area contributed by atoms with Gasteiger partial charge in [0, 0.05) is 12.1 Å². The number of benzene rings is 1. The zero-order valence-corrected chi connectivity index (χ0v) is 13.4. The largest absolute Gasteiger partial charge is 0.361 e. The second kappa shape index (κ2) is 4.97. The average Bonchev–Trinajstić information content (AvgIpc) is 2.93. The van der Waals surface area contributed by atoms with E-state index in [0.29, 0.717) is 0 Å². The van der Waals surface area contributed by atoms with Gasteiger partial charge in [-0.15, -0.1) is 0 Å². The second-order valence-corrected chi connectivity index (χ2v) is 6.47. The van der Waals surface area contributed by atoms with E-state index in [1.165, 1.54) is 30.3 Å². The molecule has 1 aromatic carbocycles. The number of aromatic nitrogens is 3. The molecule has 22 heavy (non-hydrogen) atoms. The Morgan fingerprint density at radius 2 is 2.05 bits per heavy atom. The third kappa shape index (κ3) is 2.05. The normalized spacial score (nSPS) is 15.4. The quantitative estimate of drug-likeness (QED) is 0.718. The van der Waals surface area contributed by atoms with E-state index >= 15 is 0 Å². The predicted molar refractivity (Wildman–Crippen MR) is 86.8 cm³/mol. The zero-order valence-electron chi connectivity index (χ0n) is 13.4. The van der Waals surface area contributed by atoms with Crippen LogP contribution in [-0.2, 0) is 6.54 Å². The Bertz CT molecular complexity index is 820. The summed E-state index contributed by atoms with van der Waals surface area (Å²) < 4.78 is 7.69. The summed E-state index contributed by atoms with van der Waals surface area (Å²) in [5.74, 6) is 2.80. The zero-order chi connectivity index (χ0) is 15.3. The van der Waals surface area contributed by atoms with Gasteiger partial charge in [0.2, 0.25) is 0 Å². The number of hydrogen-bond donors (Lipinski definition) is 0. The number of hydrogen-bond acceptors (Lipinski definition) is 3. The van der Waals surface area contributed by atoms with Gasteiger partial charge in [-0.05, 0) is 57.2 Å². The molecule has 0 spiro atoms. The van der Waals surface area contributed by atoms with Crippen molar-refractivity contribution in [3.05, 3.63) is 35.5 Å². The van der Waals surface area contributed by atoms with Gasteiger partial charge in [-0.25, -0.2) is 4.98 Å². The van der Waals surface area contributed by atoms with E-state index in [2.05, 4.69) is 34.8 Å². The summed E-state index contributed by atoms with van der Waals surface area (Å²) >= 11 is 0. The highest BCUT2D eigenvalue weighted by Gasteiger charge is 2.20. The molecule has 0 amide bonds. The first kappa shape index (κ1) is 13.6. The third-order valence-electron chi connectivity index (χ3n) is 4.93. The van der Waals surface area contributed by atoms with E-state index < -0.39 is 0 Å². The summed E-state index contributed by atoms with van der Waals surface area (Å²) in [5.41, 5.74) is 5.52. The molecule has 2 aromatic heterocycles. The van der Waals surface area contributed by atoms with Gasteiger partial charge in [0.05, 0.1) is 16.7 Å². The van der Waals surface area contributed by atoms with Crippen LogP contribution in [0.2, 0.25) is 0 Å². The van der Waals surface area contributed by atoms with Gasteiger partial charge >= 0.3 is 0 Å². The van der Waals surface area contributed by atoms with Gasteiger partial charge in [-0.1, -0.05) is 17.6 Å². The molecule has 3 aromatic rings. The maximum absolute atomic E-state index is 5.32. The topological polar surface area (TPSA) is 43.9 Å². The molecular weight excluding hydrogens is 274 g/mol. The van der Waals surface area contributed by atoms with Crippen LogP contribution in [-0.4, -0.2) is 14.7 Å². The Hall–Kier alpha value is -2.10. The van der Waals surface area contributed by atoms with Crippen LogP contribution in [0.3, 0.4) is 0 Å². The Labute approximate surface area is 130 Å². The number of rotatable bonds is 3. The van der Waals surface area contributed by atoms with Crippen LogP contribution in [0.15, 0.2) is 22.7 Å². The molecular formula is C18H21N3O. The molecule has 114 valence electrons. The van der Waals surface area contributed by atoms with Crippen molar-refractivity contribution in [3.8, 4) is 11.1 Å². The molecule has 4 nitrogen and oxygen atoms in total. The number of aryl methyl sites for hydroxylation is 3. The fourth-order valence-electron chi connectivity index (χ4n) is 3.46. The number of fused-ring (bicyclic) bond motifs is 1. The summed E-state index contributed by atoms with van der Waals surface area (Å²) in [6.07, 6.45) is 4.08. The van der Waals surface area contributed by atoms with Crippen molar-refractivity contribution in [2.24, 2.45) is 5.92 Å². The summed E-state index contributed by atoms with van der Waals surface area (Å²) in [7, 11) is 0. The summed E-state index contributed by atoms with van der Waals surface area (Å²) in [4.78, 5) is 4.72. The van der Waals surface area contributed by atoms with E-state index in [0.717, 1.165) is 40.8 Å². The van der Waals surface area contributed by atoms with Crippen molar-refractivity contribution in [1.82, 2.24) is 14.7 Å². The smallest absolute Gasteiger partial charge is 0.141 e. The lowest BCUT2D eigenvalue weighted by Crippen LogP contribution is -2.18. The Morgan fingerprint density at radius 3 is 2.68 bits per heavy atom. The lowest BCUT2D eigenvalue weighted by molar-refractivity contribution is 0.277. The monoisotopic (exact) mass is 295 g/mol.